The first kappa shape index (κ1) is 9.71. The monoisotopic (exact) mass is 210 g/mol. The second-order valence-electron chi connectivity index (χ2n) is 4.70. The van der Waals surface area contributed by atoms with Crippen LogP contribution in [0, 0.1) is 12.3 Å². The van der Waals surface area contributed by atoms with Crippen LogP contribution in [0.3, 0.4) is 0 Å². The highest BCUT2D eigenvalue weighted by molar-refractivity contribution is 7.10. The molecule has 14 heavy (non-hydrogen) atoms. The molecule has 1 fully saturated rings. The van der Waals surface area contributed by atoms with Crippen LogP contribution in [0.1, 0.15) is 30.7 Å². The van der Waals surface area contributed by atoms with Gasteiger partial charge in [0, 0.05) is 4.88 Å². The van der Waals surface area contributed by atoms with Gasteiger partial charge >= 0.3 is 5.97 Å². The van der Waals surface area contributed by atoms with Crippen molar-refractivity contribution >= 4 is 17.3 Å². The van der Waals surface area contributed by atoms with E-state index >= 15 is 0 Å². The first-order valence-electron chi connectivity index (χ1n) is 4.70. The molecule has 0 aliphatic heterocycles. The molecule has 3 heteroatoms. The molecule has 0 amide bonds. The van der Waals surface area contributed by atoms with Gasteiger partial charge in [0.15, 0.2) is 0 Å². The van der Waals surface area contributed by atoms with E-state index in [1.165, 1.54) is 0 Å². The number of hydrogen-bond acceptors (Lipinski definition) is 2. The largest absolute Gasteiger partial charge is 0.481 e. The maximum atomic E-state index is 11.4. The third kappa shape index (κ3) is 0.989. The van der Waals surface area contributed by atoms with Crippen molar-refractivity contribution in [1.82, 2.24) is 0 Å². The summed E-state index contributed by atoms with van der Waals surface area (Å²) in [4.78, 5) is 12.4. The fourth-order valence-electron chi connectivity index (χ4n) is 2.28. The average molecular weight is 210 g/mol. The van der Waals surface area contributed by atoms with Crippen LogP contribution >= 0.6 is 11.3 Å². The zero-order valence-corrected chi connectivity index (χ0v) is 9.44. The number of carbonyl (C=O) groups is 1. The predicted octanol–water partition coefficient (Wildman–Crippen LogP) is 2.81. The molecule has 1 aliphatic rings. The molecule has 1 aliphatic carbocycles. The summed E-state index contributed by atoms with van der Waals surface area (Å²) in [5.41, 5.74) is 0.419. The van der Waals surface area contributed by atoms with E-state index in [-0.39, 0.29) is 5.41 Å². The van der Waals surface area contributed by atoms with Gasteiger partial charge in [-0.25, -0.2) is 0 Å². The lowest BCUT2D eigenvalue weighted by atomic mass is 9.92. The Morgan fingerprint density at radius 2 is 2.14 bits per heavy atom. The van der Waals surface area contributed by atoms with E-state index < -0.39 is 11.4 Å². The van der Waals surface area contributed by atoms with Gasteiger partial charge in [-0.05, 0) is 35.8 Å². The third-order valence-electron chi connectivity index (χ3n) is 3.35. The molecule has 1 heterocycles. The highest BCUT2D eigenvalue weighted by Gasteiger charge is 2.68. The molecular weight excluding hydrogens is 196 g/mol. The van der Waals surface area contributed by atoms with Crippen LogP contribution in [0.4, 0.5) is 0 Å². The smallest absolute Gasteiger partial charge is 0.315 e. The third-order valence-corrected chi connectivity index (χ3v) is 4.53. The van der Waals surface area contributed by atoms with Crippen molar-refractivity contribution < 1.29 is 9.90 Å². The molecule has 1 N–H and O–H groups in total. The minimum absolute atomic E-state index is 0.0888. The summed E-state index contributed by atoms with van der Waals surface area (Å²) in [6, 6.07) is 2.00. The fraction of sp³-hybridized carbons (Fsp3) is 0.545. The standard InChI is InChI=1S/C11H14O2S/c1-7-4-5-14-8(7)11(9(12)13)6-10(11,2)3/h4-5H,6H2,1-3H3,(H,12,13)/t11-/m1/s1. The van der Waals surface area contributed by atoms with Gasteiger partial charge in [-0.3, -0.25) is 4.79 Å². The molecular formula is C11H14O2S. The van der Waals surface area contributed by atoms with Gasteiger partial charge in [0.05, 0.1) is 0 Å². The Morgan fingerprint density at radius 1 is 1.57 bits per heavy atom. The maximum Gasteiger partial charge on any atom is 0.315 e. The van der Waals surface area contributed by atoms with Crippen LogP contribution in [0.15, 0.2) is 11.4 Å². The van der Waals surface area contributed by atoms with Crippen molar-refractivity contribution in [3.63, 3.8) is 0 Å². The Kier molecular flexibility index (Phi) is 1.80. The van der Waals surface area contributed by atoms with Crippen molar-refractivity contribution in [2.75, 3.05) is 0 Å². The number of carboxylic acids is 1. The fourth-order valence-corrected chi connectivity index (χ4v) is 3.58. The first-order valence-corrected chi connectivity index (χ1v) is 5.58. The lowest BCUT2D eigenvalue weighted by Crippen LogP contribution is -2.25. The topological polar surface area (TPSA) is 37.3 Å². The summed E-state index contributed by atoms with van der Waals surface area (Å²) in [5.74, 6) is -0.673. The van der Waals surface area contributed by atoms with Crippen LogP contribution in [0.25, 0.3) is 0 Å². The molecule has 1 aromatic rings. The van der Waals surface area contributed by atoms with Gasteiger partial charge in [-0.15, -0.1) is 11.3 Å². The Labute approximate surface area is 87.6 Å². The van der Waals surface area contributed by atoms with Crippen molar-refractivity contribution in [2.45, 2.75) is 32.6 Å². The molecule has 76 valence electrons. The van der Waals surface area contributed by atoms with Crippen molar-refractivity contribution in [3.05, 3.63) is 21.9 Å². The molecule has 0 radical (unpaired) electrons. The predicted molar refractivity (Wildman–Crippen MR) is 56.8 cm³/mol. The number of rotatable bonds is 2. The van der Waals surface area contributed by atoms with E-state index in [1.54, 1.807) is 11.3 Å². The summed E-state index contributed by atoms with van der Waals surface area (Å²) in [6.45, 7) is 6.05. The van der Waals surface area contributed by atoms with E-state index in [9.17, 15) is 9.90 Å². The Hall–Kier alpha value is -0.830. The molecule has 0 bridgehead atoms. The Balaban J connectivity index is 2.52. The lowest BCUT2D eigenvalue weighted by Gasteiger charge is -2.14. The van der Waals surface area contributed by atoms with Gasteiger partial charge in [0.2, 0.25) is 0 Å². The maximum absolute atomic E-state index is 11.4. The number of thiophene rings is 1. The minimum atomic E-state index is -0.673. The molecule has 1 atom stereocenters. The van der Waals surface area contributed by atoms with Crippen LogP contribution in [-0.4, -0.2) is 11.1 Å². The van der Waals surface area contributed by atoms with E-state index in [0.29, 0.717) is 0 Å². The van der Waals surface area contributed by atoms with Gasteiger partial charge in [-0.1, -0.05) is 13.8 Å². The molecule has 0 aromatic carbocycles. The number of hydrogen-bond donors (Lipinski definition) is 1. The summed E-state index contributed by atoms with van der Waals surface area (Å²) >= 11 is 1.57. The number of carboxylic acid groups (broad SMARTS) is 1. The van der Waals surface area contributed by atoms with Gasteiger partial charge in [0.1, 0.15) is 5.41 Å². The lowest BCUT2D eigenvalue weighted by molar-refractivity contribution is -0.140. The zero-order valence-electron chi connectivity index (χ0n) is 8.63. The van der Waals surface area contributed by atoms with Crippen LogP contribution in [-0.2, 0) is 10.2 Å². The average Bonchev–Trinajstić information content (AvgIpc) is 2.44. The molecule has 1 saturated carbocycles. The Morgan fingerprint density at radius 3 is 2.43 bits per heavy atom. The van der Waals surface area contributed by atoms with Crippen molar-refractivity contribution in [2.24, 2.45) is 5.41 Å². The summed E-state index contributed by atoms with van der Waals surface area (Å²) in [7, 11) is 0. The summed E-state index contributed by atoms with van der Waals surface area (Å²) in [6.07, 6.45) is 0.761. The van der Waals surface area contributed by atoms with Crippen molar-refractivity contribution in [3.8, 4) is 0 Å². The molecule has 2 rings (SSSR count). The summed E-state index contributed by atoms with van der Waals surface area (Å²) < 4.78 is 0. The van der Waals surface area contributed by atoms with Crippen molar-refractivity contribution in [1.29, 1.82) is 0 Å². The quantitative estimate of drug-likeness (QED) is 0.815. The van der Waals surface area contributed by atoms with Gasteiger partial charge < -0.3 is 5.11 Å². The molecule has 0 saturated heterocycles. The normalized spacial score (nSPS) is 28.8. The van der Waals surface area contributed by atoms with Gasteiger partial charge in [0.25, 0.3) is 0 Å². The Bertz CT molecular complexity index is 392. The van der Waals surface area contributed by atoms with E-state index in [2.05, 4.69) is 0 Å². The second kappa shape index (κ2) is 2.60. The first-order chi connectivity index (χ1) is 6.42. The second-order valence-corrected chi connectivity index (χ2v) is 5.62. The molecule has 2 nitrogen and oxygen atoms in total. The van der Waals surface area contributed by atoms with Gasteiger partial charge in [-0.2, -0.15) is 0 Å². The zero-order chi connectivity index (χ0) is 10.6. The van der Waals surface area contributed by atoms with Crippen LogP contribution in [0.5, 0.6) is 0 Å². The van der Waals surface area contributed by atoms with E-state index in [0.717, 1.165) is 16.9 Å². The minimum Gasteiger partial charge on any atom is -0.481 e. The van der Waals surface area contributed by atoms with Crippen LogP contribution < -0.4 is 0 Å². The van der Waals surface area contributed by atoms with E-state index in [1.807, 2.05) is 32.2 Å². The molecule has 0 unspecified atom stereocenters. The molecule has 1 aromatic heterocycles. The SMILES string of the molecule is Cc1ccsc1[C@@]1(C(=O)O)CC1(C)C. The van der Waals surface area contributed by atoms with E-state index in [4.69, 9.17) is 0 Å². The number of aliphatic carboxylic acids is 1. The van der Waals surface area contributed by atoms with Crippen LogP contribution in [0.2, 0.25) is 0 Å². The number of aryl methyl sites for hydroxylation is 1. The summed E-state index contributed by atoms with van der Waals surface area (Å²) in [5, 5.41) is 11.3. The molecule has 0 spiro atoms. The highest BCUT2D eigenvalue weighted by atomic mass is 32.1. The highest BCUT2D eigenvalue weighted by Crippen LogP contribution is 2.65.